The quantitative estimate of drug-likeness (QED) is 0.426. The average Bonchev–Trinajstić information content (AvgIpc) is 3.13. The van der Waals surface area contributed by atoms with Crippen molar-refractivity contribution in [1.82, 2.24) is 15.5 Å². The van der Waals surface area contributed by atoms with Gasteiger partial charge in [-0.1, -0.05) is 61.2 Å². The lowest BCUT2D eigenvalue weighted by Crippen LogP contribution is -2.56. The molecular weight excluding hydrogens is 414 g/mol. The monoisotopic (exact) mass is 447 g/mol. The second-order valence-electron chi connectivity index (χ2n) is 8.98. The minimum absolute atomic E-state index is 0.128. The van der Waals surface area contributed by atoms with Crippen LogP contribution in [0, 0.1) is 5.92 Å². The Hall–Kier alpha value is -3.12. The van der Waals surface area contributed by atoms with Gasteiger partial charge in [-0.15, -0.1) is 0 Å². The summed E-state index contributed by atoms with van der Waals surface area (Å²) in [6, 6.07) is 18.0. The number of hydrogen-bond donors (Lipinski definition) is 2. The van der Waals surface area contributed by atoms with Gasteiger partial charge in [0.2, 0.25) is 0 Å². The molecule has 0 radical (unpaired) electrons. The molecule has 2 saturated heterocycles. The molecule has 2 fully saturated rings. The Labute approximate surface area is 196 Å². The number of ether oxygens (including phenoxy) is 1. The molecule has 1 atom stereocenters. The van der Waals surface area contributed by atoms with Crippen molar-refractivity contribution in [1.29, 1.82) is 0 Å². The van der Waals surface area contributed by atoms with E-state index in [0.717, 1.165) is 56.6 Å². The Morgan fingerprint density at radius 1 is 1.06 bits per heavy atom. The highest BCUT2D eigenvalue weighted by molar-refractivity contribution is 6.07. The van der Waals surface area contributed by atoms with Crippen molar-refractivity contribution in [3.05, 3.63) is 78.4 Å². The van der Waals surface area contributed by atoms with Gasteiger partial charge in [0.15, 0.2) is 0 Å². The molecule has 2 aromatic carbocycles. The smallest absolute Gasteiger partial charge is 0.322 e. The van der Waals surface area contributed by atoms with Crippen molar-refractivity contribution in [3.8, 4) is 5.75 Å². The Morgan fingerprint density at radius 2 is 1.79 bits per heavy atom. The van der Waals surface area contributed by atoms with Crippen LogP contribution in [0.1, 0.15) is 36.8 Å². The van der Waals surface area contributed by atoms with Gasteiger partial charge in [0, 0.05) is 12.1 Å². The van der Waals surface area contributed by atoms with Crippen LogP contribution in [0.3, 0.4) is 0 Å². The third-order valence-electron chi connectivity index (χ3n) is 6.86. The van der Waals surface area contributed by atoms with Gasteiger partial charge in [0.25, 0.3) is 5.91 Å². The van der Waals surface area contributed by atoms with E-state index in [4.69, 9.17) is 4.74 Å². The molecule has 0 saturated carbocycles. The van der Waals surface area contributed by atoms with Crippen LogP contribution in [0.2, 0.25) is 0 Å². The fourth-order valence-electron chi connectivity index (χ4n) is 5.14. The number of hydrogen-bond acceptors (Lipinski definition) is 4. The van der Waals surface area contributed by atoms with E-state index in [1.165, 1.54) is 5.56 Å². The Balaban J connectivity index is 1.38. The molecule has 0 bridgehead atoms. The number of imide groups is 1. The molecule has 174 valence electrons. The molecule has 2 heterocycles. The van der Waals surface area contributed by atoms with E-state index in [1.807, 2.05) is 36.4 Å². The minimum atomic E-state index is -0.803. The third-order valence-corrected chi connectivity index (χ3v) is 6.86. The van der Waals surface area contributed by atoms with Crippen LogP contribution in [-0.4, -0.2) is 42.1 Å². The number of nitrogens with one attached hydrogen (secondary N) is 2. The maximum Gasteiger partial charge on any atom is 0.322 e. The number of carbonyl (C=O) groups excluding carboxylic acids is 2. The van der Waals surface area contributed by atoms with Gasteiger partial charge in [-0.25, -0.2) is 4.79 Å². The van der Waals surface area contributed by atoms with Gasteiger partial charge >= 0.3 is 6.03 Å². The summed E-state index contributed by atoms with van der Waals surface area (Å²) in [5, 5.41) is 5.53. The lowest BCUT2D eigenvalue weighted by atomic mass is 9.74. The molecule has 0 aromatic heterocycles. The Kier molecular flexibility index (Phi) is 7.45. The molecule has 4 rings (SSSR count). The molecule has 0 spiro atoms. The first kappa shape index (κ1) is 23.1. The highest BCUT2D eigenvalue weighted by atomic mass is 16.5. The average molecular weight is 448 g/mol. The van der Waals surface area contributed by atoms with Crippen molar-refractivity contribution in [3.63, 3.8) is 0 Å². The topological polar surface area (TPSA) is 70.7 Å². The first-order valence-electron chi connectivity index (χ1n) is 11.8. The number of piperidine rings is 1. The summed E-state index contributed by atoms with van der Waals surface area (Å²) in [4.78, 5) is 27.4. The lowest BCUT2D eigenvalue weighted by molar-refractivity contribution is -0.127. The van der Waals surface area contributed by atoms with Crippen LogP contribution in [0.5, 0.6) is 5.75 Å². The fourth-order valence-corrected chi connectivity index (χ4v) is 5.14. The number of likely N-dealkylation sites (tertiary alicyclic amines) is 1. The normalized spacial score (nSPS) is 21.5. The van der Waals surface area contributed by atoms with Crippen LogP contribution < -0.4 is 15.4 Å². The first-order chi connectivity index (χ1) is 16.1. The summed E-state index contributed by atoms with van der Waals surface area (Å²) >= 11 is 0. The zero-order chi connectivity index (χ0) is 23.1. The van der Waals surface area contributed by atoms with Crippen molar-refractivity contribution >= 4 is 11.9 Å². The van der Waals surface area contributed by atoms with Crippen molar-refractivity contribution in [2.75, 3.05) is 19.7 Å². The van der Waals surface area contributed by atoms with E-state index in [2.05, 4.69) is 40.3 Å². The maximum atomic E-state index is 12.9. The number of benzene rings is 2. The predicted molar refractivity (Wildman–Crippen MR) is 129 cm³/mol. The minimum Gasteiger partial charge on any atom is -0.489 e. The Morgan fingerprint density at radius 3 is 2.48 bits per heavy atom. The van der Waals surface area contributed by atoms with Crippen LogP contribution >= 0.6 is 0 Å². The van der Waals surface area contributed by atoms with Gasteiger partial charge in [-0.3, -0.25) is 15.0 Å². The number of amides is 3. The summed E-state index contributed by atoms with van der Waals surface area (Å²) in [7, 11) is 0. The molecule has 2 aromatic rings. The number of carbonyl (C=O) groups is 2. The van der Waals surface area contributed by atoms with Crippen LogP contribution in [0.25, 0.3) is 0 Å². The van der Waals surface area contributed by atoms with Gasteiger partial charge in [-0.2, -0.15) is 0 Å². The van der Waals surface area contributed by atoms with E-state index in [1.54, 1.807) is 6.08 Å². The molecule has 2 N–H and O–H groups in total. The highest BCUT2D eigenvalue weighted by Gasteiger charge is 2.51. The zero-order valence-corrected chi connectivity index (χ0v) is 19.1. The fraction of sp³-hybridized carbons (Fsp3) is 0.407. The van der Waals surface area contributed by atoms with E-state index in [0.29, 0.717) is 13.0 Å². The van der Waals surface area contributed by atoms with Gasteiger partial charge in [0.05, 0.1) is 0 Å². The second kappa shape index (κ2) is 10.7. The zero-order valence-electron chi connectivity index (χ0n) is 19.1. The van der Waals surface area contributed by atoms with Gasteiger partial charge < -0.3 is 10.1 Å². The number of urea groups is 1. The highest BCUT2D eigenvalue weighted by Crippen LogP contribution is 2.35. The summed E-state index contributed by atoms with van der Waals surface area (Å²) < 4.78 is 5.81. The van der Waals surface area contributed by atoms with Gasteiger partial charge in [-0.05, 0) is 62.7 Å². The number of nitrogens with zero attached hydrogens (tertiary/aromatic N) is 1. The van der Waals surface area contributed by atoms with Crippen molar-refractivity contribution < 1.29 is 14.3 Å². The largest absolute Gasteiger partial charge is 0.489 e. The third kappa shape index (κ3) is 5.45. The van der Waals surface area contributed by atoms with Crippen LogP contribution in [-0.2, 0) is 17.8 Å². The molecule has 6 nitrogen and oxygen atoms in total. The molecule has 6 heteroatoms. The molecule has 0 aliphatic carbocycles. The first-order valence-corrected chi connectivity index (χ1v) is 11.8. The Bertz CT molecular complexity index is 970. The molecule has 2 aliphatic rings. The van der Waals surface area contributed by atoms with Crippen molar-refractivity contribution in [2.24, 2.45) is 5.92 Å². The van der Waals surface area contributed by atoms with E-state index < -0.39 is 5.54 Å². The number of aryl methyl sites for hydroxylation is 1. The second-order valence-corrected chi connectivity index (χ2v) is 8.98. The van der Waals surface area contributed by atoms with Crippen LogP contribution in [0.4, 0.5) is 4.79 Å². The summed E-state index contributed by atoms with van der Waals surface area (Å²) in [6.45, 7) is 6.77. The molecule has 2 aliphatic heterocycles. The van der Waals surface area contributed by atoms with E-state index in [-0.39, 0.29) is 17.9 Å². The predicted octanol–water partition coefficient (Wildman–Crippen LogP) is 4.06. The number of rotatable bonds is 10. The SMILES string of the molecule is C=CCOc1ccccc1CN1CCC([C@@]2(CCCc3ccccc3)NC(=O)NC2=O)CC1. The molecule has 0 unspecified atom stereocenters. The lowest BCUT2D eigenvalue weighted by Gasteiger charge is -2.41. The van der Waals surface area contributed by atoms with E-state index in [9.17, 15) is 9.59 Å². The molecule has 33 heavy (non-hydrogen) atoms. The summed E-state index contributed by atoms with van der Waals surface area (Å²) in [5.74, 6) is 0.852. The number of para-hydroxylation sites is 1. The maximum absolute atomic E-state index is 12.9. The molecular formula is C27H33N3O3. The molecule has 3 amide bonds. The summed E-state index contributed by atoms with van der Waals surface area (Å²) in [6.07, 6.45) is 5.89. The standard InChI is InChI=1S/C27H33N3O3/c1-2-19-33-24-13-7-6-12-22(24)20-30-17-14-23(15-18-30)27(25(31)28-26(32)29-27)16-8-11-21-9-4-3-5-10-21/h2-7,9-10,12-13,23H,1,8,11,14-20H2,(H2,28,29,31,32)/t27-/m1/s1. The summed E-state index contributed by atoms with van der Waals surface area (Å²) in [5.41, 5.74) is 1.61. The van der Waals surface area contributed by atoms with Crippen molar-refractivity contribution in [2.45, 2.75) is 44.2 Å². The van der Waals surface area contributed by atoms with Gasteiger partial charge in [0.1, 0.15) is 17.9 Å². The van der Waals surface area contributed by atoms with E-state index >= 15 is 0 Å². The van der Waals surface area contributed by atoms with Crippen LogP contribution in [0.15, 0.2) is 67.3 Å².